The number of amides is 3. The van der Waals surface area contributed by atoms with Gasteiger partial charge >= 0.3 is 0 Å². The molecule has 0 bridgehead atoms. The van der Waals surface area contributed by atoms with Crippen LogP contribution in [0, 0.1) is 18.3 Å². The van der Waals surface area contributed by atoms with E-state index in [1.54, 1.807) is 13.0 Å². The van der Waals surface area contributed by atoms with Gasteiger partial charge in [0.15, 0.2) is 11.5 Å². The number of hydrogen-bond donors (Lipinski definition) is 2. The number of para-hydroxylation sites is 2. The average Bonchev–Trinajstić information content (AvgIpc) is 3.92. The lowest BCUT2D eigenvalue weighted by atomic mass is 9.89. The molecule has 7 rings (SSSR count). The molecule has 4 fully saturated rings. The summed E-state index contributed by atoms with van der Waals surface area (Å²) in [5, 5.41) is 6.47. The molecule has 3 amide bonds. The topological polar surface area (TPSA) is 191 Å². The van der Waals surface area contributed by atoms with Crippen LogP contribution in [0.3, 0.4) is 0 Å². The largest absolute Gasteiger partial charge is 0.471 e. The van der Waals surface area contributed by atoms with Crippen LogP contribution in [-0.4, -0.2) is 87.3 Å². The zero-order valence-electron chi connectivity index (χ0n) is 31.1. The van der Waals surface area contributed by atoms with E-state index in [1.807, 2.05) is 25.1 Å². The summed E-state index contributed by atoms with van der Waals surface area (Å²) < 4.78 is 69.6. The Morgan fingerprint density at radius 2 is 1.78 bits per heavy atom. The summed E-state index contributed by atoms with van der Waals surface area (Å²) >= 11 is 0. The molecule has 296 valence electrons. The van der Waals surface area contributed by atoms with Gasteiger partial charge in [-0.25, -0.2) is 27.2 Å². The number of nitrogens with one attached hydrogen (secondary N) is 2. The molecule has 4 aliphatic rings. The Balaban J connectivity index is 1.22. The van der Waals surface area contributed by atoms with E-state index in [0.29, 0.717) is 54.6 Å². The minimum atomic E-state index is -4.14. The number of fused-ring (bicyclic) bond motifs is 3. The van der Waals surface area contributed by atoms with Crippen molar-refractivity contribution in [1.29, 1.82) is 0 Å². The van der Waals surface area contributed by atoms with Gasteiger partial charge in [0.25, 0.3) is 5.91 Å². The van der Waals surface area contributed by atoms with E-state index in [0.717, 1.165) is 0 Å². The standard InChI is InChI=1S/C38H46F2N6O8S/c1-4-25-33(43-27-11-8-7-10-26(27)41-25)53-24-17-30-31(47)20-37(35(50)45-55(51,52)36(3)14-15-36)18-23(37)19-38(39,40)13-9-5-6-12-28(34(49)46(30)21-24)42-32(48)29-16-22(2)54-44-29/h7-8,10-11,16,23-24,28,30H,4-6,9,12-15,17-21H2,1-3H3,(H,42,48)(H,45,50)/t23-,24+,28-,30-,37+/m0/s1. The van der Waals surface area contributed by atoms with Gasteiger partial charge in [0.05, 0.1) is 33.8 Å². The van der Waals surface area contributed by atoms with E-state index in [2.05, 4.69) is 25.2 Å². The Bertz CT molecular complexity index is 2120. The molecule has 2 aromatic heterocycles. The van der Waals surface area contributed by atoms with Gasteiger partial charge < -0.3 is 19.5 Å². The molecule has 5 atom stereocenters. The highest BCUT2D eigenvalue weighted by Crippen LogP contribution is 2.60. The first-order valence-corrected chi connectivity index (χ1v) is 20.5. The first kappa shape index (κ1) is 38.7. The molecule has 0 radical (unpaired) electrons. The number of ketones is 1. The Kier molecular flexibility index (Phi) is 10.2. The fraction of sp³-hybridized carbons (Fsp3) is 0.605. The molecular formula is C38H46F2N6O8S. The number of carbonyl (C=O) groups excluding carboxylic acids is 4. The number of alkyl halides is 2. The van der Waals surface area contributed by atoms with Crippen molar-refractivity contribution in [2.75, 3.05) is 6.54 Å². The predicted molar refractivity (Wildman–Crippen MR) is 193 cm³/mol. The van der Waals surface area contributed by atoms with Crippen LogP contribution < -0.4 is 14.8 Å². The van der Waals surface area contributed by atoms with Crippen molar-refractivity contribution in [2.24, 2.45) is 11.3 Å². The zero-order chi connectivity index (χ0) is 39.3. The molecule has 2 saturated carbocycles. The van der Waals surface area contributed by atoms with Crippen molar-refractivity contribution in [2.45, 2.75) is 127 Å². The number of Topliss-reactive ketones (excluding diaryl/α,β-unsaturated/α-hetero) is 1. The maximum atomic E-state index is 15.4. The maximum Gasteiger partial charge on any atom is 0.274 e. The summed E-state index contributed by atoms with van der Waals surface area (Å²) in [5.41, 5.74) is 0.0604. The first-order valence-electron chi connectivity index (χ1n) is 19.0. The fourth-order valence-corrected chi connectivity index (χ4v) is 9.25. The third kappa shape index (κ3) is 7.94. The summed E-state index contributed by atoms with van der Waals surface area (Å²) in [6.07, 6.45) is -0.617. The minimum Gasteiger partial charge on any atom is -0.471 e. The number of halogens is 2. The lowest BCUT2D eigenvalue weighted by Gasteiger charge is -2.29. The monoisotopic (exact) mass is 784 g/mol. The van der Waals surface area contributed by atoms with Gasteiger partial charge in [-0.1, -0.05) is 37.1 Å². The van der Waals surface area contributed by atoms with Gasteiger partial charge in [-0.05, 0) is 70.4 Å². The molecule has 17 heteroatoms. The summed E-state index contributed by atoms with van der Waals surface area (Å²) in [7, 11) is -4.14. The minimum absolute atomic E-state index is 0.0275. The van der Waals surface area contributed by atoms with Crippen LogP contribution in [0.4, 0.5) is 8.78 Å². The van der Waals surface area contributed by atoms with Gasteiger partial charge in [-0.3, -0.25) is 23.9 Å². The molecule has 0 spiro atoms. The second kappa shape index (κ2) is 14.5. The third-order valence-electron chi connectivity index (χ3n) is 11.7. The lowest BCUT2D eigenvalue weighted by Crippen LogP contribution is -2.52. The average molecular weight is 785 g/mol. The van der Waals surface area contributed by atoms with E-state index >= 15 is 8.78 Å². The molecule has 2 N–H and O–H groups in total. The summed E-state index contributed by atoms with van der Waals surface area (Å²) in [5.74, 6) is -6.36. The molecule has 2 saturated heterocycles. The van der Waals surface area contributed by atoms with Crippen molar-refractivity contribution in [1.82, 2.24) is 30.1 Å². The number of nitrogens with zero attached hydrogens (tertiary/aromatic N) is 4. The predicted octanol–water partition coefficient (Wildman–Crippen LogP) is 4.59. The molecule has 2 aliphatic carbocycles. The molecule has 3 aromatic rings. The van der Waals surface area contributed by atoms with Gasteiger partial charge in [-0.15, -0.1) is 0 Å². The van der Waals surface area contributed by atoms with Crippen LogP contribution in [0.25, 0.3) is 11.0 Å². The van der Waals surface area contributed by atoms with Crippen LogP contribution in [-0.2, 0) is 30.8 Å². The smallest absolute Gasteiger partial charge is 0.274 e. The van der Waals surface area contributed by atoms with Crippen molar-refractivity contribution >= 4 is 44.6 Å². The van der Waals surface area contributed by atoms with Crippen LogP contribution in [0.5, 0.6) is 5.88 Å². The van der Waals surface area contributed by atoms with Gasteiger partial charge in [0, 0.05) is 31.7 Å². The number of benzene rings is 1. The molecule has 1 aromatic carbocycles. The lowest BCUT2D eigenvalue weighted by molar-refractivity contribution is -0.140. The Hall–Kier alpha value is -4.54. The van der Waals surface area contributed by atoms with Crippen LogP contribution in [0.1, 0.15) is 106 Å². The van der Waals surface area contributed by atoms with Crippen LogP contribution in [0.15, 0.2) is 34.9 Å². The Morgan fingerprint density at radius 3 is 2.45 bits per heavy atom. The van der Waals surface area contributed by atoms with Gasteiger partial charge in [0.2, 0.25) is 33.6 Å². The third-order valence-corrected chi connectivity index (χ3v) is 13.8. The Labute approximate surface area is 317 Å². The van der Waals surface area contributed by atoms with E-state index < -0.39 is 93.0 Å². The van der Waals surface area contributed by atoms with Gasteiger partial charge in [0.1, 0.15) is 23.6 Å². The highest BCUT2D eigenvalue weighted by atomic mass is 32.2. The SMILES string of the molecule is CCc1nc2ccccc2nc1O[C@@H]1C[C@H]2C(=O)C[C@]3(C(=O)NS(=O)(=O)C4(C)CC4)C[C@H]3CC(F)(F)CCCCC[C@H](NC(=O)c3cc(C)on3)C(=O)N2C1. The quantitative estimate of drug-likeness (QED) is 0.325. The first-order chi connectivity index (χ1) is 26.0. The number of hydrogen-bond acceptors (Lipinski definition) is 11. The number of aryl methyl sites for hydroxylation is 2. The van der Waals surface area contributed by atoms with Crippen LogP contribution >= 0.6 is 0 Å². The van der Waals surface area contributed by atoms with E-state index in [4.69, 9.17) is 9.26 Å². The highest BCUT2D eigenvalue weighted by Gasteiger charge is 2.65. The number of sulfonamides is 1. The Morgan fingerprint density at radius 1 is 1.05 bits per heavy atom. The highest BCUT2D eigenvalue weighted by molar-refractivity contribution is 7.91. The van der Waals surface area contributed by atoms with Crippen molar-refractivity contribution in [3.63, 3.8) is 0 Å². The number of aromatic nitrogens is 3. The summed E-state index contributed by atoms with van der Waals surface area (Å²) in [6, 6.07) is 6.34. The molecule has 4 heterocycles. The second-order valence-corrected chi connectivity index (χ2v) is 18.1. The van der Waals surface area contributed by atoms with E-state index in [9.17, 15) is 27.6 Å². The van der Waals surface area contributed by atoms with E-state index in [1.165, 1.54) is 17.9 Å². The van der Waals surface area contributed by atoms with Crippen molar-refractivity contribution in [3.8, 4) is 5.88 Å². The molecule has 0 unspecified atom stereocenters. The van der Waals surface area contributed by atoms with Crippen LogP contribution in [0.2, 0.25) is 0 Å². The second-order valence-electron chi connectivity index (χ2n) is 15.9. The summed E-state index contributed by atoms with van der Waals surface area (Å²) in [4.78, 5) is 66.9. The van der Waals surface area contributed by atoms with Gasteiger partial charge in [-0.2, -0.15) is 0 Å². The molecule has 2 aliphatic heterocycles. The number of carbonyl (C=O) groups is 4. The van der Waals surface area contributed by atoms with E-state index in [-0.39, 0.29) is 43.8 Å². The van der Waals surface area contributed by atoms with Crippen molar-refractivity contribution in [3.05, 3.63) is 47.5 Å². The number of ether oxygens (including phenoxy) is 1. The normalized spacial score (nSPS) is 28.0. The fourth-order valence-electron chi connectivity index (χ4n) is 7.91. The molecule has 14 nitrogen and oxygen atoms in total. The maximum absolute atomic E-state index is 15.4. The molecular weight excluding hydrogens is 739 g/mol. The zero-order valence-corrected chi connectivity index (χ0v) is 31.9. The van der Waals surface area contributed by atoms with Crippen molar-refractivity contribution < 1.29 is 45.6 Å². The summed E-state index contributed by atoms with van der Waals surface area (Å²) in [6.45, 7) is 4.92. The number of rotatable bonds is 8. The molecule has 55 heavy (non-hydrogen) atoms.